The van der Waals surface area contributed by atoms with Crippen molar-refractivity contribution in [3.63, 3.8) is 0 Å². The van der Waals surface area contributed by atoms with Crippen molar-refractivity contribution in [2.45, 2.75) is 26.8 Å². The Balaban J connectivity index is 2.17. The molecule has 0 saturated heterocycles. The quantitative estimate of drug-likeness (QED) is 0.699. The molecule has 2 heteroatoms. The molecule has 0 aliphatic carbocycles. The predicted octanol–water partition coefficient (Wildman–Crippen LogP) is 2.07. The Labute approximate surface area is 92.9 Å². The van der Waals surface area contributed by atoms with Crippen LogP contribution >= 0.6 is 0 Å². The Morgan fingerprint density at radius 3 is 2.53 bits per heavy atom. The number of rotatable bonds is 6. The normalized spacial score (nSPS) is 12.7. The summed E-state index contributed by atoms with van der Waals surface area (Å²) in [4.78, 5) is 0. The van der Waals surface area contributed by atoms with Crippen LogP contribution in [0.5, 0.6) is 0 Å². The van der Waals surface area contributed by atoms with Crippen LogP contribution in [0.3, 0.4) is 0 Å². The first-order chi connectivity index (χ1) is 7.22. The van der Waals surface area contributed by atoms with Gasteiger partial charge in [0.15, 0.2) is 0 Å². The van der Waals surface area contributed by atoms with E-state index in [0.29, 0.717) is 5.92 Å². The van der Waals surface area contributed by atoms with Gasteiger partial charge in [0.05, 0.1) is 0 Å². The van der Waals surface area contributed by atoms with E-state index in [1.807, 2.05) is 0 Å². The number of hydrogen-bond donors (Lipinski definition) is 2. The van der Waals surface area contributed by atoms with Gasteiger partial charge in [-0.25, -0.2) is 0 Å². The number of nitrogens with two attached hydrogens (primary N) is 1. The van der Waals surface area contributed by atoms with Gasteiger partial charge in [-0.3, -0.25) is 0 Å². The van der Waals surface area contributed by atoms with E-state index < -0.39 is 0 Å². The van der Waals surface area contributed by atoms with Crippen molar-refractivity contribution in [2.75, 3.05) is 13.1 Å². The maximum Gasteiger partial charge on any atom is 0.0205 e. The van der Waals surface area contributed by atoms with Crippen molar-refractivity contribution in [2.24, 2.45) is 11.7 Å². The van der Waals surface area contributed by atoms with Crippen molar-refractivity contribution in [3.8, 4) is 0 Å². The minimum Gasteiger partial charge on any atom is -0.330 e. The fraction of sp³-hybridized carbons (Fsp3) is 0.538. The van der Waals surface area contributed by atoms with Gasteiger partial charge in [0.1, 0.15) is 0 Å². The van der Waals surface area contributed by atoms with Crippen molar-refractivity contribution in [1.29, 1.82) is 0 Å². The zero-order chi connectivity index (χ0) is 11.1. The molecule has 1 aromatic carbocycles. The highest BCUT2D eigenvalue weighted by molar-refractivity contribution is 5.20. The van der Waals surface area contributed by atoms with Crippen molar-refractivity contribution in [1.82, 2.24) is 5.32 Å². The average molecular weight is 206 g/mol. The summed E-state index contributed by atoms with van der Waals surface area (Å²) >= 11 is 0. The van der Waals surface area contributed by atoms with Crippen LogP contribution in [0.2, 0.25) is 0 Å². The number of hydrogen-bond acceptors (Lipinski definition) is 2. The first-order valence-corrected chi connectivity index (χ1v) is 5.68. The number of nitrogens with one attached hydrogen (secondary N) is 1. The summed E-state index contributed by atoms with van der Waals surface area (Å²) in [6.45, 7) is 7.09. The minimum atomic E-state index is 0.621. The molecule has 0 bridgehead atoms. The smallest absolute Gasteiger partial charge is 0.0205 e. The zero-order valence-corrected chi connectivity index (χ0v) is 9.79. The Morgan fingerprint density at radius 1 is 1.27 bits per heavy atom. The van der Waals surface area contributed by atoms with E-state index in [9.17, 15) is 0 Å². The van der Waals surface area contributed by atoms with Crippen LogP contribution in [0, 0.1) is 12.8 Å². The van der Waals surface area contributed by atoms with Crippen LogP contribution in [-0.4, -0.2) is 13.1 Å². The third-order valence-electron chi connectivity index (χ3n) is 2.67. The predicted molar refractivity (Wildman–Crippen MR) is 65.7 cm³/mol. The average Bonchev–Trinajstić information content (AvgIpc) is 2.26. The molecule has 84 valence electrons. The summed E-state index contributed by atoms with van der Waals surface area (Å²) in [5.74, 6) is 0.621. The van der Waals surface area contributed by atoms with Gasteiger partial charge < -0.3 is 11.1 Å². The molecule has 1 aromatic rings. The second kappa shape index (κ2) is 6.59. The van der Waals surface area contributed by atoms with Crippen molar-refractivity contribution >= 4 is 0 Å². The molecule has 0 radical (unpaired) electrons. The van der Waals surface area contributed by atoms with E-state index in [0.717, 1.165) is 26.1 Å². The lowest BCUT2D eigenvalue weighted by Crippen LogP contribution is -2.20. The van der Waals surface area contributed by atoms with Crippen LogP contribution in [0.1, 0.15) is 24.5 Å². The van der Waals surface area contributed by atoms with Gasteiger partial charge in [-0.2, -0.15) is 0 Å². The SMILES string of the molecule is Cc1ccc(CNCCC(C)CN)cc1. The van der Waals surface area contributed by atoms with E-state index in [4.69, 9.17) is 5.73 Å². The summed E-state index contributed by atoms with van der Waals surface area (Å²) in [6, 6.07) is 8.66. The molecule has 1 rings (SSSR count). The standard InChI is InChI=1S/C13H22N2/c1-11-3-5-13(6-4-11)10-15-8-7-12(2)9-14/h3-6,12,15H,7-10,14H2,1-2H3. The van der Waals surface area contributed by atoms with Gasteiger partial charge in [-0.1, -0.05) is 36.8 Å². The lowest BCUT2D eigenvalue weighted by Gasteiger charge is -2.09. The van der Waals surface area contributed by atoms with Gasteiger partial charge in [0.25, 0.3) is 0 Å². The summed E-state index contributed by atoms with van der Waals surface area (Å²) < 4.78 is 0. The largest absolute Gasteiger partial charge is 0.330 e. The molecule has 0 fully saturated rings. The Hall–Kier alpha value is -0.860. The van der Waals surface area contributed by atoms with Gasteiger partial charge in [0, 0.05) is 6.54 Å². The van der Waals surface area contributed by atoms with E-state index >= 15 is 0 Å². The van der Waals surface area contributed by atoms with Crippen LogP contribution < -0.4 is 11.1 Å². The molecule has 1 atom stereocenters. The third kappa shape index (κ3) is 4.96. The molecule has 2 nitrogen and oxygen atoms in total. The lowest BCUT2D eigenvalue weighted by molar-refractivity contribution is 0.509. The molecule has 1 unspecified atom stereocenters. The van der Waals surface area contributed by atoms with Crippen molar-refractivity contribution in [3.05, 3.63) is 35.4 Å². The van der Waals surface area contributed by atoms with E-state index in [1.54, 1.807) is 0 Å². The molecule has 0 heterocycles. The van der Waals surface area contributed by atoms with E-state index in [1.165, 1.54) is 11.1 Å². The van der Waals surface area contributed by atoms with E-state index in [-0.39, 0.29) is 0 Å². The molecule has 3 N–H and O–H groups in total. The monoisotopic (exact) mass is 206 g/mol. The van der Waals surface area contributed by atoms with Gasteiger partial charge >= 0.3 is 0 Å². The first kappa shape index (κ1) is 12.2. The molecule has 15 heavy (non-hydrogen) atoms. The van der Waals surface area contributed by atoms with Crippen molar-refractivity contribution < 1.29 is 0 Å². The maximum atomic E-state index is 5.55. The van der Waals surface area contributed by atoms with Crippen LogP contribution in [-0.2, 0) is 6.54 Å². The summed E-state index contributed by atoms with van der Waals surface area (Å²) in [5.41, 5.74) is 8.22. The minimum absolute atomic E-state index is 0.621. The number of benzene rings is 1. The molecule has 0 spiro atoms. The van der Waals surface area contributed by atoms with Crippen LogP contribution in [0.15, 0.2) is 24.3 Å². The first-order valence-electron chi connectivity index (χ1n) is 5.68. The summed E-state index contributed by atoms with van der Waals surface area (Å²) in [7, 11) is 0. The summed E-state index contributed by atoms with van der Waals surface area (Å²) in [6.07, 6.45) is 1.16. The Morgan fingerprint density at radius 2 is 1.93 bits per heavy atom. The molecule has 0 aromatic heterocycles. The zero-order valence-electron chi connectivity index (χ0n) is 9.79. The Bertz CT molecular complexity index is 266. The summed E-state index contributed by atoms with van der Waals surface area (Å²) in [5, 5.41) is 3.43. The topological polar surface area (TPSA) is 38.0 Å². The van der Waals surface area contributed by atoms with Gasteiger partial charge in [0.2, 0.25) is 0 Å². The maximum absolute atomic E-state index is 5.55. The highest BCUT2D eigenvalue weighted by atomic mass is 14.8. The second-order valence-electron chi connectivity index (χ2n) is 4.29. The molecular formula is C13H22N2. The highest BCUT2D eigenvalue weighted by Gasteiger charge is 1.98. The van der Waals surface area contributed by atoms with Crippen LogP contribution in [0.25, 0.3) is 0 Å². The fourth-order valence-electron chi connectivity index (χ4n) is 1.40. The Kier molecular flexibility index (Phi) is 5.37. The van der Waals surface area contributed by atoms with Gasteiger partial charge in [-0.15, -0.1) is 0 Å². The lowest BCUT2D eigenvalue weighted by atomic mass is 10.1. The highest BCUT2D eigenvalue weighted by Crippen LogP contribution is 2.03. The fourth-order valence-corrected chi connectivity index (χ4v) is 1.40. The molecule has 0 amide bonds. The second-order valence-corrected chi connectivity index (χ2v) is 4.29. The van der Waals surface area contributed by atoms with Crippen LogP contribution in [0.4, 0.5) is 0 Å². The molecular weight excluding hydrogens is 184 g/mol. The van der Waals surface area contributed by atoms with E-state index in [2.05, 4.69) is 43.4 Å². The number of aryl methyl sites for hydroxylation is 1. The third-order valence-corrected chi connectivity index (χ3v) is 2.67. The molecule has 0 saturated carbocycles. The molecule has 0 aliphatic heterocycles. The molecule has 0 aliphatic rings. The van der Waals surface area contributed by atoms with Gasteiger partial charge in [-0.05, 0) is 37.9 Å².